The first-order chi connectivity index (χ1) is 8.74. The SMILES string of the molecule is CC1CC(=O)c2cc(-c3ccccc3)nnc2C1. The van der Waals surface area contributed by atoms with Crippen molar-refractivity contribution in [1.29, 1.82) is 0 Å². The van der Waals surface area contributed by atoms with Gasteiger partial charge in [-0.2, -0.15) is 10.2 Å². The molecule has 0 aliphatic heterocycles. The highest BCUT2D eigenvalue weighted by Gasteiger charge is 2.24. The molecule has 1 aromatic carbocycles. The average Bonchev–Trinajstić information content (AvgIpc) is 2.39. The molecule has 1 aromatic heterocycles. The van der Waals surface area contributed by atoms with E-state index in [1.54, 1.807) is 0 Å². The van der Waals surface area contributed by atoms with Crippen molar-refractivity contribution >= 4 is 5.78 Å². The lowest BCUT2D eigenvalue weighted by molar-refractivity contribution is 0.0951. The third kappa shape index (κ3) is 1.92. The predicted octanol–water partition coefficient (Wildman–Crippen LogP) is 2.91. The van der Waals surface area contributed by atoms with Gasteiger partial charge in [-0.3, -0.25) is 4.79 Å². The van der Waals surface area contributed by atoms with Gasteiger partial charge in [0.1, 0.15) is 0 Å². The van der Waals surface area contributed by atoms with E-state index in [1.165, 1.54) is 0 Å². The number of hydrogen-bond donors (Lipinski definition) is 0. The molecule has 90 valence electrons. The van der Waals surface area contributed by atoms with Crippen LogP contribution in [0.2, 0.25) is 0 Å². The molecule has 0 radical (unpaired) electrons. The van der Waals surface area contributed by atoms with E-state index in [-0.39, 0.29) is 5.78 Å². The summed E-state index contributed by atoms with van der Waals surface area (Å²) in [5.74, 6) is 0.567. The molecule has 0 amide bonds. The normalized spacial score (nSPS) is 18.5. The summed E-state index contributed by atoms with van der Waals surface area (Å²) >= 11 is 0. The number of hydrogen-bond acceptors (Lipinski definition) is 3. The third-order valence-electron chi connectivity index (χ3n) is 3.32. The van der Waals surface area contributed by atoms with E-state index in [2.05, 4.69) is 17.1 Å². The van der Waals surface area contributed by atoms with Gasteiger partial charge in [-0.25, -0.2) is 0 Å². The van der Waals surface area contributed by atoms with Crippen LogP contribution in [0.15, 0.2) is 36.4 Å². The quantitative estimate of drug-likeness (QED) is 0.767. The van der Waals surface area contributed by atoms with Crippen LogP contribution >= 0.6 is 0 Å². The molecular formula is C15H14N2O. The number of rotatable bonds is 1. The molecule has 1 aliphatic rings. The number of carbonyl (C=O) groups is 1. The fourth-order valence-corrected chi connectivity index (χ4v) is 2.39. The largest absolute Gasteiger partial charge is 0.294 e. The highest BCUT2D eigenvalue weighted by atomic mass is 16.1. The van der Waals surface area contributed by atoms with Crippen LogP contribution in [0, 0.1) is 5.92 Å². The van der Waals surface area contributed by atoms with Crippen LogP contribution in [0.5, 0.6) is 0 Å². The molecule has 3 nitrogen and oxygen atoms in total. The molecule has 2 aromatic rings. The monoisotopic (exact) mass is 238 g/mol. The van der Waals surface area contributed by atoms with E-state index in [9.17, 15) is 4.79 Å². The van der Waals surface area contributed by atoms with Crippen molar-refractivity contribution in [3.8, 4) is 11.3 Å². The van der Waals surface area contributed by atoms with E-state index < -0.39 is 0 Å². The first-order valence-corrected chi connectivity index (χ1v) is 6.19. The molecule has 3 heteroatoms. The lowest BCUT2D eigenvalue weighted by atomic mass is 9.87. The molecule has 0 saturated carbocycles. The molecule has 1 atom stereocenters. The first kappa shape index (κ1) is 11.1. The summed E-state index contributed by atoms with van der Waals surface area (Å²) in [5.41, 5.74) is 3.37. The zero-order chi connectivity index (χ0) is 12.5. The number of nitrogens with zero attached hydrogens (tertiary/aromatic N) is 2. The smallest absolute Gasteiger partial charge is 0.165 e. The zero-order valence-electron chi connectivity index (χ0n) is 10.3. The summed E-state index contributed by atoms with van der Waals surface area (Å²) in [6.45, 7) is 2.08. The second-order valence-corrected chi connectivity index (χ2v) is 4.89. The minimum absolute atomic E-state index is 0.191. The Kier molecular flexibility index (Phi) is 2.67. The number of carbonyl (C=O) groups excluding carboxylic acids is 1. The summed E-state index contributed by atoms with van der Waals surface area (Å²) in [6.07, 6.45) is 1.47. The van der Waals surface area contributed by atoms with Crippen molar-refractivity contribution in [2.75, 3.05) is 0 Å². The number of Topliss-reactive ketones (excluding diaryl/α,β-unsaturated/α-hetero) is 1. The fraction of sp³-hybridized carbons (Fsp3) is 0.267. The van der Waals surface area contributed by atoms with E-state index in [0.29, 0.717) is 12.3 Å². The van der Waals surface area contributed by atoms with Gasteiger partial charge in [-0.05, 0) is 18.4 Å². The maximum Gasteiger partial charge on any atom is 0.165 e. The second kappa shape index (κ2) is 4.33. The molecule has 0 saturated heterocycles. The van der Waals surface area contributed by atoms with E-state index in [4.69, 9.17) is 0 Å². The lowest BCUT2D eigenvalue weighted by Crippen LogP contribution is -2.20. The van der Waals surface area contributed by atoms with Crippen molar-refractivity contribution in [3.63, 3.8) is 0 Å². The number of benzene rings is 1. The summed E-state index contributed by atoms with van der Waals surface area (Å²) in [5, 5.41) is 8.45. The Morgan fingerprint density at radius 2 is 1.89 bits per heavy atom. The van der Waals surface area contributed by atoms with Gasteiger partial charge >= 0.3 is 0 Å². The molecule has 1 heterocycles. The summed E-state index contributed by atoms with van der Waals surface area (Å²) < 4.78 is 0. The third-order valence-corrected chi connectivity index (χ3v) is 3.32. The fourth-order valence-electron chi connectivity index (χ4n) is 2.39. The van der Waals surface area contributed by atoms with Crippen LogP contribution in [0.4, 0.5) is 0 Å². The van der Waals surface area contributed by atoms with Gasteiger partial charge in [-0.1, -0.05) is 37.3 Å². The van der Waals surface area contributed by atoms with Gasteiger partial charge in [0, 0.05) is 17.5 Å². The Balaban J connectivity index is 2.06. The Labute approximate surface area is 106 Å². The van der Waals surface area contributed by atoms with E-state index in [0.717, 1.165) is 28.9 Å². The average molecular weight is 238 g/mol. The second-order valence-electron chi connectivity index (χ2n) is 4.89. The molecule has 1 aliphatic carbocycles. The van der Waals surface area contributed by atoms with Crippen LogP contribution in [0.3, 0.4) is 0 Å². The molecule has 0 bridgehead atoms. The zero-order valence-corrected chi connectivity index (χ0v) is 10.3. The van der Waals surface area contributed by atoms with Crippen LogP contribution < -0.4 is 0 Å². The van der Waals surface area contributed by atoms with Crippen molar-refractivity contribution in [1.82, 2.24) is 10.2 Å². The molecule has 1 unspecified atom stereocenters. The van der Waals surface area contributed by atoms with Crippen LogP contribution in [-0.2, 0) is 6.42 Å². The summed E-state index contributed by atoms with van der Waals surface area (Å²) in [6, 6.07) is 11.7. The van der Waals surface area contributed by atoms with Gasteiger partial charge in [0.05, 0.1) is 11.4 Å². The van der Waals surface area contributed by atoms with Crippen LogP contribution in [-0.4, -0.2) is 16.0 Å². The predicted molar refractivity (Wildman–Crippen MR) is 69.3 cm³/mol. The maximum absolute atomic E-state index is 12.0. The van der Waals surface area contributed by atoms with Gasteiger partial charge in [0.2, 0.25) is 0 Å². The van der Waals surface area contributed by atoms with Crippen LogP contribution in [0.1, 0.15) is 29.4 Å². The molecule has 18 heavy (non-hydrogen) atoms. The van der Waals surface area contributed by atoms with Gasteiger partial charge in [0.15, 0.2) is 5.78 Å². The standard InChI is InChI=1S/C15H14N2O/c1-10-7-14-12(15(18)8-10)9-13(16-17-14)11-5-3-2-4-6-11/h2-6,9-10H,7-8H2,1H3. The Hall–Kier alpha value is -2.03. The van der Waals surface area contributed by atoms with Crippen molar-refractivity contribution in [2.45, 2.75) is 19.8 Å². The van der Waals surface area contributed by atoms with Gasteiger partial charge in [0.25, 0.3) is 0 Å². The lowest BCUT2D eigenvalue weighted by Gasteiger charge is -2.19. The number of ketones is 1. The molecular weight excluding hydrogens is 224 g/mol. The maximum atomic E-state index is 12.0. The summed E-state index contributed by atoms with van der Waals surface area (Å²) in [7, 11) is 0. The van der Waals surface area contributed by atoms with E-state index >= 15 is 0 Å². The van der Waals surface area contributed by atoms with Gasteiger partial charge < -0.3 is 0 Å². The van der Waals surface area contributed by atoms with Crippen molar-refractivity contribution < 1.29 is 4.79 Å². The Morgan fingerprint density at radius 3 is 2.67 bits per heavy atom. The minimum Gasteiger partial charge on any atom is -0.294 e. The first-order valence-electron chi connectivity index (χ1n) is 6.19. The molecule has 3 rings (SSSR count). The number of fused-ring (bicyclic) bond motifs is 1. The van der Waals surface area contributed by atoms with Crippen LogP contribution in [0.25, 0.3) is 11.3 Å². The highest BCUT2D eigenvalue weighted by Crippen LogP contribution is 2.26. The molecule has 0 fully saturated rings. The number of aromatic nitrogens is 2. The topological polar surface area (TPSA) is 42.9 Å². The van der Waals surface area contributed by atoms with E-state index in [1.807, 2.05) is 36.4 Å². The molecule has 0 N–H and O–H groups in total. The molecule has 0 spiro atoms. The van der Waals surface area contributed by atoms with Crippen molar-refractivity contribution in [3.05, 3.63) is 47.7 Å². The van der Waals surface area contributed by atoms with Gasteiger partial charge in [-0.15, -0.1) is 0 Å². The summed E-state index contributed by atoms with van der Waals surface area (Å²) in [4.78, 5) is 12.0. The Bertz CT molecular complexity index is 593. The Morgan fingerprint density at radius 1 is 1.11 bits per heavy atom. The minimum atomic E-state index is 0.191. The highest BCUT2D eigenvalue weighted by molar-refractivity contribution is 5.98. The van der Waals surface area contributed by atoms with Crippen molar-refractivity contribution in [2.24, 2.45) is 5.92 Å².